The Bertz CT molecular complexity index is 312. The zero-order valence-electron chi connectivity index (χ0n) is 8.99. The van der Waals surface area contributed by atoms with Crippen molar-refractivity contribution in [1.82, 2.24) is 9.78 Å². The SMILES string of the molecule is Cn1ncc(Br)c1C(O)C1CCCCC1. The lowest BCUT2D eigenvalue weighted by molar-refractivity contribution is 0.0771. The summed E-state index contributed by atoms with van der Waals surface area (Å²) in [4.78, 5) is 0. The number of hydrogen-bond donors (Lipinski definition) is 1. The second-order valence-corrected chi connectivity index (χ2v) is 5.20. The van der Waals surface area contributed by atoms with Crippen LogP contribution in [-0.4, -0.2) is 14.9 Å². The number of hydrogen-bond acceptors (Lipinski definition) is 2. The van der Waals surface area contributed by atoms with Crippen molar-refractivity contribution < 1.29 is 5.11 Å². The molecule has 2 rings (SSSR count). The van der Waals surface area contributed by atoms with Gasteiger partial charge in [0.2, 0.25) is 0 Å². The first-order valence-corrected chi connectivity index (χ1v) is 6.35. The van der Waals surface area contributed by atoms with Crippen molar-refractivity contribution in [1.29, 1.82) is 0 Å². The van der Waals surface area contributed by atoms with Gasteiger partial charge < -0.3 is 5.11 Å². The maximum Gasteiger partial charge on any atom is 0.0996 e. The molecule has 0 bridgehead atoms. The van der Waals surface area contributed by atoms with Crippen LogP contribution in [0.25, 0.3) is 0 Å². The molecule has 15 heavy (non-hydrogen) atoms. The van der Waals surface area contributed by atoms with Crippen molar-refractivity contribution in [2.45, 2.75) is 38.2 Å². The number of aliphatic hydroxyl groups excluding tert-OH is 1. The molecule has 0 aromatic carbocycles. The fraction of sp³-hybridized carbons (Fsp3) is 0.727. The Hall–Kier alpha value is -0.350. The van der Waals surface area contributed by atoms with Crippen LogP contribution < -0.4 is 0 Å². The Balaban J connectivity index is 2.15. The molecule has 0 radical (unpaired) electrons. The van der Waals surface area contributed by atoms with E-state index in [0.29, 0.717) is 5.92 Å². The lowest BCUT2D eigenvalue weighted by atomic mass is 9.84. The maximum absolute atomic E-state index is 10.3. The normalized spacial score (nSPS) is 20.5. The van der Waals surface area contributed by atoms with E-state index in [9.17, 15) is 5.11 Å². The number of nitrogens with zero attached hydrogens (tertiary/aromatic N) is 2. The minimum absolute atomic E-state index is 0.368. The van der Waals surface area contributed by atoms with Crippen LogP contribution in [0.15, 0.2) is 10.7 Å². The highest BCUT2D eigenvalue weighted by molar-refractivity contribution is 9.10. The summed E-state index contributed by atoms with van der Waals surface area (Å²) in [6.45, 7) is 0. The highest BCUT2D eigenvalue weighted by Gasteiger charge is 2.26. The molecular weight excluding hydrogens is 256 g/mol. The summed E-state index contributed by atoms with van der Waals surface area (Å²) in [5, 5.41) is 14.4. The first-order chi connectivity index (χ1) is 7.20. The lowest BCUT2D eigenvalue weighted by Gasteiger charge is -2.26. The van der Waals surface area contributed by atoms with E-state index in [1.807, 2.05) is 7.05 Å². The van der Waals surface area contributed by atoms with E-state index in [1.54, 1.807) is 10.9 Å². The summed E-state index contributed by atoms with van der Waals surface area (Å²) in [6, 6.07) is 0. The average Bonchev–Trinajstić information content (AvgIpc) is 2.59. The molecule has 1 N–H and O–H groups in total. The standard InChI is InChI=1S/C11H17BrN2O/c1-14-10(9(12)7-13-14)11(15)8-5-3-2-4-6-8/h7-8,11,15H,2-6H2,1H3. The zero-order chi connectivity index (χ0) is 10.8. The molecule has 1 heterocycles. The van der Waals surface area contributed by atoms with Crippen LogP contribution in [0.4, 0.5) is 0 Å². The third-order valence-corrected chi connectivity index (χ3v) is 3.93. The van der Waals surface area contributed by atoms with Crippen LogP contribution in [0.3, 0.4) is 0 Å². The van der Waals surface area contributed by atoms with Crippen LogP contribution in [0.2, 0.25) is 0 Å². The third kappa shape index (κ3) is 2.26. The van der Waals surface area contributed by atoms with Gasteiger partial charge in [-0.3, -0.25) is 4.68 Å². The minimum atomic E-state index is -0.368. The summed E-state index contributed by atoms with van der Waals surface area (Å²) in [5.41, 5.74) is 0.918. The molecule has 0 saturated heterocycles. The predicted octanol–water partition coefficient (Wildman–Crippen LogP) is 2.80. The van der Waals surface area contributed by atoms with Crippen molar-refractivity contribution >= 4 is 15.9 Å². The highest BCUT2D eigenvalue weighted by Crippen LogP contribution is 2.36. The van der Waals surface area contributed by atoms with Gasteiger partial charge in [0.15, 0.2) is 0 Å². The number of aryl methyl sites for hydroxylation is 1. The Labute approximate surface area is 98.6 Å². The number of halogens is 1. The molecule has 1 aliphatic rings. The summed E-state index contributed by atoms with van der Waals surface area (Å²) in [7, 11) is 1.88. The molecule has 1 fully saturated rings. The second kappa shape index (κ2) is 4.66. The van der Waals surface area contributed by atoms with Crippen molar-refractivity contribution in [2.24, 2.45) is 13.0 Å². The second-order valence-electron chi connectivity index (χ2n) is 4.34. The van der Waals surface area contributed by atoms with Gasteiger partial charge in [-0.2, -0.15) is 5.10 Å². The van der Waals surface area contributed by atoms with Crippen molar-refractivity contribution in [3.63, 3.8) is 0 Å². The zero-order valence-corrected chi connectivity index (χ0v) is 10.6. The largest absolute Gasteiger partial charge is 0.386 e. The molecule has 84 valence electrons. The number of rotatable bonds is 2. The quantitative estimate of drug-likeness (QED) is 0.899. The first-order valence-electron chi connectivity index (χ1n) is 5.55. The van der Waals surface area contributed by atoms with Gasteiger partial charge in [-0.25, -0.2) is 0 Å². The summed E-state index contributed by atoms with van der Waals surface area (Å²) >= 11 is 3.44. The van der Waals surface area contributed by atoms with E-state index in [4.69, 9.17) is 0 Å². The molecule has 1 atom stereocenters. The molecule has 0 amide bonds. The van der Waals surface area contributed by atoms with E-state index in [2.05, 4.69) is 21.0 Å². The van der Waals surface area contributed by atoms with E-state index < -0.39 is 0 Å². The highest BCUT2D eigenvalue weighted by atomic mass is 79.9. The molecule has 1 aliphatic carbocycles. The smallest absolute Gasteiger partial charge is 0.0996 e. The summed E-state index contributed by atoms with van der Waals surface area (Å²) < 4.78 is 2.69. The van der Waals surface area contributed by atoms with Crippen LogP contribution in [-0.2, 0) is 7.05 Å². The van der Waals surface area contributed by atoms with Crippen LogP contribution in [0.1, 0.15) is 43.9 Å². The van der Waals surface area contributed by atoms with Crippen LogP contribution >= 0.6 is 15.9 Å². The van der Waals surface area contributed by atoms with Gasteiger partial charge in [0, 0.05) is 7.05 Å². The number of aromatic nitrogens is 2. The predicted molar refractivity (Wildman–Crippen MR) is 62.4 cm³/mol. The van der Waals surface area contributed by atoms with Gasteiger partial charge >= 0.3 is 0 Å². The topological polar surface area (TPSA) is 38.0 Å². The molecule has 0 aliphatic heterocycles. The fourth-order valence-electron chi connectivity index (χ4n) is 2.43. The van der Waals surface area contributed by atoms with Crippen molar-refractivity contribution in [3.8, 4) is 0 Å². The van der Waals surface area contributed by atoms with Crippen molar-refractivity contribution in [3.05, 3.63) is 16.4 Å². The molecule has 3 nitrogen and oxygen atoms in total. The monoisotopic (exact) mass is 272 g/mol. The molecule has 1 unspecified atom stereocenters. The Morgan fingerprint density at radius 1 is 1.47 bits per heavy atom. The summed E-state index contributed by atoms with van der Waals surface area (Å²) in [5.74, 6) is 0.408. The van der Waals surface area contributed by atoms with Crippen LogP contribution in [0.5, 0.6) is 0 Å². The van der Waals surface area contributed by atoms with E-state index >= 15 is 0 Å². The van der Waals surface area contributed by atoms with Gasteiger partial charge in [-0.1, -0.05) is 19.3 Å². The van der Waals surface area contributed by atoms with Gasteiger partial charge in [0.05, 0.1) is 22.5 Å². The number of aliphatic hydroxyl groups is 1. The molecular formula is C11H17BrN2O. The minimum Gasteiger partial charge on any atom is -0.386 e. The van der Waals surface area contributed by atoms with E-state index in [0.717, 1.165) is 23.0 Å². The van der Waals surface area contributed by atoms with Gasteiger partial charge in [-0.15, -0.1) is 0 Å². The molecule has 1 saturated carbocycles. The Morgan fingerprint density at radius 3 is 2.67 bits per heavy atom. The van der Waals surface area contributed by atoms with Gasteiger partial charge in [0.25, 0.3) is 0 Å². The molecule has 1 aromatic rings. The van der Waals surface area contributed by atoms with Gasteiger partial charge in [-0.05, 0) is 34.7 Å². The molecule has 0 spiro atoms. The van der Waals surface area contributed by atoms with E-state index in [1.165, 1.54) is 19.3 Å². The Morgan fingerprint density at radius 2 is 2.13 bits per heavy atom. The van der Waals surface area contributed by atoms with Crippen LogP contribution in [0, 0.1) is 5.92 Å². The van der Waals surface area contributed by atoms with Gasteiger partial charge in [0.1, 0.15) is 0 Å². The Kier molecular flexibility index (Phi) is 3.46. The van der Waals surface area contributed by atoms with Crippen molar-refractivity contribution in [2.75, 3.05) is 0 Å². The first kappa shape index (κ1) is 11.1. The third-order valence-electron chi connectivity index (χ3n) is 3.31. The lowest BCUT2D eigenvalue weighted by Crippen LogP contribution is -2.18. The molecule has 1 aromatic heterocycles. The molecule has 4 heteroatoms. The maximum atomic E-state index is 10.3. The van der Waals surface area contributed by atoms with E-state index in [-0.39, 0.29) is 6.10 Å². The fourth-order valence-corrected chi connectivity index (χ4v) is 3.01. The summed E-state index contributed by atoms with van der Waals surface area (Å²) in [6.07, 6.45) is 7.47. The average molecular weight is 273 g/mol.